The third-order valence-electron chi connectivity index (χ3n) is 5.95. The van der Waals surface area contributed by atoms with Crippen molar-refractivity contribution in [3.05, 3.63) is 119 Å². The highest BCUT2D eigenvalue weighted by Gasteiger charge is 2.26. The Bertz CT molecular complexity index is 1610. The molecule has 1 atom stereocenters. The minimum atomic E-state index is -1.10. The summed E-state index contributed by atoms with van der Waals surface area (Å²) in [6, 6.07) is 28.0. The fourth-order valence-electron chi connectivity index (χ4n) is 4.11. The van der Waals surface area contributed by atoms with Gasteiger partial charge >= 0.3 is 11.6 Å². The molecule has 3 aromatic carbocycles. The Labute approximate surface area is 212 Å². The summed E-state index contributed by atoms with van der Waals surface area (Å²) in [6.07, 6.45) is -0.117. The van der Waals surface area contributed by atoms with Gasteiger partial charge in [-0.05, 0) is 30.3 Å². The third kappa shape index (κ3) is 4.90. The number of nitrogens with zero attached hydrogens (tertiary/aromatic N) is 2. The van der Waals surface area contributed by atoms with Gasteiger partial charge in [-0.3, -0.25) is 4.79 Å². The van der Waals surface area contributed by atoms with Gasteiger partial charge in [-0.2, -0.15) is 9.78 Å². The van der Waals surface area contributed by atoms with E-state index in [2.05, 4.69) is 5.32 Å². The monoisotopic (exact) mass is 493 g/mol. The quantitative estimate of drug-likeness (QED) is 0.342. The van der Waals surface area contributed by atoms with E-state index in [0.29, 0.717) is 16.6 Å². The summed E-state index contributed by atoms with van der Waals surface area (Å²) >= 11 is 0. The van der Waals surface area contributed by atoms with Gasteiger partial charge in [0.05, 0.1) is 18.2 Å². The summed E-state index contributed by atoms with van der Waals surface area (Å²) in [7, 11) is 1.23. The fourth-order valence-corrected chi connectivity index (χ4v) is 4.11. The molecule has 0 saturated carbocycles. The molecule has 184 valence electrons. The predicted molar refractivity (Wildman–Crippen MR) is 138 cm³/mol. The molecule has 1 amide bonds. The first-order valence-electron chi connectivity index (χ1n) is 11.7. The van der Waals surface area contributed by atoms with Crippen LogP contribution in [-0.4, -0.2) is 34.8 Å². The van der Waals surface area contributed by atoms with Crippen molar-refractivity contribution in [1.82, 2.24) is 15.1 Å². The molecule has 0 radical (unpaired) electrons. The number of hydrogen-bond acceptors (Lipinski definition) is 6. The van der Waals surface area contributed by atoms with E-state index < -0.39 is 23.5 Å². The summed E-state index contributed by atoms with van der Waals surface area (Å²) in [6.45, 7) is 0. The zero-order valence-electron chi connectivity index (χ0n) is 20.0. The van der Waals surface area contributed by atoms with E-state index in [1.54, 1.807) is 41.1 Å². The van der Waals surface area contributed by atoms with Gasteiger partial charge in [-0.25, -0.2) is 9.59 Å². The lowest BCUT2D eigenvalue weighted by atomic mass is 10.0. The van der Waals surface area contributed by atoms with Crippen molar-refractivity contribution >= 4 is 23.0 Å². The number of para-hydroxylation sites is 1. The van der Waals surface area contributed by atoms with E-state index in [4.69, 9.17) is 14.3 Å². The molecule has 0 aliphatic carbocycles. The van der Waals surface area contributed by atoms with E-state index >= 15 is 0 Å². The number of amides is 1. The maximum absolute atomic E-state index is 13.1. The molecule has 5 aromatic rings. The van der Waals surface area contributed by atoms with Crippen molar-refractivity contribution in [3.63, 3.8) is 0 Å². The second-order valence-corrected chi connectivity index (χ2v) is 8.36. The molecule has 5 rings (SSSR count). The Balaban J connectivity index is 1.58. The Kier molecular flexibility index (Phi) is 6.63. The Morgan fingerprint density at radius 1 is 0.946 bits per heavy atom. The SMILES string of the molecule is COC(=O)[C@H](Cc1cc2c(-c3ccccc3)nn(-c3ccccc3)c2oc1=O)NC(=O)c1ccccc1. The van der Waals surface area contributed by atoms with Gasteiger partial charge in [0.25, 0.3) is 5.91 Å². The van der Waals surface area contributed by atoms with Crippen molar-refractivity contribution in [2.45, 2.75) is 12.5 Å². The highest BCUT2D eigenvalue weighted by atomic mass is 16.5. The fraction of sp³-hybridized carbons (Fsp3) is 0.103. The Morgan fingerprint density at radius 3 is 2.22 bits per heavy atom. The summed E-state index contributed by atoms with van der Waals surface area (Å²) in [5, 5.41) is 8.02. The summed E-state index contributed by atoms with van der Waals surface area (Å²) in [5.41, 5.74) is 2.42. The molecule has 0 spiro atoms. The highest BCUT2D eigenvalue weighted by Crippen LogP contribution is 2.30. The van der Waals surface area contributed by atoms with Crippen LogP contribution in [0, 0.1) is 0 Å². The number of esters is 1. The standard InChI is InChI=1S/C29H23N3O5/c1-36-29(35)24(30-26(33)20-13-7-3-8-14-20)18-21-17-23-25(19-11-5-2-6-12-19)31-32(27(23)37-28(21)34)22-15-9-4-10-16-22/h2-17,24H,18H2,1H3,(H,30,33)/t24-/m0/s1. The molecule has 0 aliphatic heterocycles. The number of rotatable bonds is 7. The van der Waals surface area contributed by atoms with Crippen molar-refractivity contribution in [3.8, 4) is 16.9 Å². The van der Waals surface area contributed by atoms with Crippen molar-refractivity contribution in [2.75, 3.05) is 7.11 Å². The number of ether oxygens (including phenoxy) is 1. The maximum Gasteiger partial charge on any atom is 0.340 e. The Morgan fingerprint density at radius 2 is 1.57 bits per heavy atom. The number of carbonyl (C=O) groups is 2. The van der Waals surface area contributed by atoms with Crippen LogP contribution in [0.2, 0.25) is 0 Å². The average Bonchev–Trinajstić information content (AvgIpc) is 3.31. The molecular formula is C29H23N3O5. The van der Waals surface area contributed by atoms with E-state index in [9.17, 15) is 14.4 Å². The van der Waals surface area contributed by atoms with E-state index in [1.165, 1.54) is 7.11 Å². The van der Waals surface area contributed by atoms with Gasteiger partial charge in [0, 0.05) is 23.1 Å². The topological polar surface area (TPSA) is 103 Å². The minimum Gasteiger partial charge on any atom is -0.467 e. The lowest BCUT2D eigenvalue weighted by Crippen LogP contribution is -2.43. The molecule has 1 N–H and O–H groups in total. The van der Waals surface area contributed by atoms with Gasteiger partial charge in [0.15, 0.2) is 0 Å². The number of hydrogen-bond donors (Lipinski definition) is 1. The molecule has 0 unspecified atom stereocenters. The lowest BCUT2D eigenvalue weighted by Gasteiger charge is -2.16. The maximum atomic E-state index is 13.1. The molecular weight excluding hydrogens is 470 g/mol. The van der Waals surface area contributed by atoms with Crippen LogP contribution in [0.15, 0.2) is 106 Å². The molecule has 2 heterocycles. The van der Waals surface area contributed by atoms with Crippen LogP contribution in [0.1, 0.15) is 15.9 Å². The van der Waals surface area contributed by atoms with Gasteiger partial charge in [-0.15, -0.1) is 0 Å². The Hall–Kier alpha value is -4.98. The van der Waals surface area contributed by atoms with Crippen LogP contribution < -0.4 is 10.9 Å². The molecule has 0 aliphatic rings. The van der Waals surface area contributed by atoms with Crippen LogP contribution in [0.3, 0.4) is 0 Å². The molecule has 0 saturated heterocycles. The summed E-state index contributed by atoms with van der Waals surface area (Å²) in [4.78, 5) is 38.4. The van der Waals surface area contributed by atoms with E-state index in [-0.39, 0.29) is 17.7 Å². The van der Waals surface area contributed by atoms with Gasteiger partial charge in [0.1, 0.15) is 11.7 Å². The van der Waals surface area contributed by atoms with E-state index in [0.717, 1.165) is 11.3 Å². The highest BCUT2D eigenvalue weighted by molar-refractivity contribution is 5.97. The van der Waals surface area contributed by atoms with Crippen LogP contribution in [-0.2, 0) is 16.0 Å². The number of methoxy groups -OCH3 is 1. The van der Waals surface area contributed by atoms with Crippen LogP contribution in [0.4, 0.5) is 0 Å². The van der Waals surface area contributed by atoms with Crippen molar-refractivity contribution < 1.29 is 18.7 Å². The molecule has 37 heavy (non-hydrogen) atoms. The average molecular weight is 494 g/mol. The normalized spacial score (nSPS) is 11.7. The zero-order valence-corrected chi connectivity index (χ0v) is 20.0. The first kappa shape index (κ1) is 23.7. The predicted octanol–water partition coefficient (Wildman–Crippen LogP) is 4.16. The number of aromatic nitrogens is 2. The van der Waals surface area contributed by atoms with Crippen LogP contribution in [0.5, 0.6) is 0 Å². The van der Waals surface area contributed by atoms with Crippen molar-refractivity contribution in [2.24, 2.45) is 0 Å². The zero-order chi connectivity index (χ0) is 25.8. The first-order valence-corrected chi connectivity index (χ1v) is 11.7. The molecule has 8 heteroatoms. The first-order chi connectivity index (χ1) is 18.0. The van der Waals surface area contributed by atoms with E-state index in [1.807, 2.05) is 60.7 Å². The largest absolute Gasteiger partial charge is 0.467 e. The second kappa shape index (κ2) is 10.3. The van der Waals surface area contributed by atoms with Crippen molar-refractivity contribution in [1.29, 1.82) is 0 Å². The van der Waals surface area contributed by atoms with Gasteiger partial charge in [0.2, 0.25) is 5.71 Å². The summed E-state index contributed by atoms with van der Waals surface area (Å²) < 4.78 is 12.2. The minimum absolute atomic E-state index is 0.117. The number of carbonyl (C=O) groups excluding carboxylic acids is 2. The number of benzene rings is 3. The van der Waals surface area contributed by atoms with Gasteiger partial charge < -0.3 is 14.5 Å². The third-order valence-corrected chi connectivity index (χ3v) is 5.95. The molecule has 2 aromatic heterocycles. The second-order valence-electron chi connectivity index (χ2n) is 8.36. The lowest BCUT2D eigenvalue weighted by molar-refractivity contribution is -0.142. The van der Waals surface area contributed by atoms with Crippen LogP contribution in [0.25, 0.3) is 28.0 Å². The summed E-state index contributed by atoms with van der Waals surface area (Å²) in [5.74, 6) is -1.13. The van der Waals surface area contributed by atoms with Crippen LogP contribution >= 0.6 is 0 Å². The van der Waals surface area contributed by atoms with Gasteiger partial charge in [-0.1, -0.05) is 66.7 Å². The molecule has 8 nitrogen and oxygen atoms in total. The molecule has 0 fully saturated rings. The molecule has 0 bridgehead atoms. The number of nitrogens with one attached hydrogen (secondary N) is 1. The smallest absolute Gasteiger partial charge is 0.340 e. The number of fused-ring (bicyclic) bond motifs is 1.